The highest BCUT2D eigenvalue weighted by Gasteiger charge is 2.19. The maximum absolute atomic E-state index is 2.39. The predicted octanol–water partition coefficient (Wildman–Crippen LogP) is 1.08. The van der Waals surface area contributed by atoms with Crippen molar-refractivity contribution >= 4 is 0 Å². The van der Waals surface area contributed by atoms with Crippen molar-refractivity contribution in [3.8, 4) is 0 Å². The minimum atomic E-state index is 0. The van der Waals surface area contributed by atoms with Gasteiger partial charge in [-0.05, 0) is 19.3 Å². The van der Waals surface area contributed by atoms with Gasteiger partial charge in [0.15, 0.2) is 0 Å². The molecule has 0 aliphatic rings. The number of hydrogen-bond donors (Lipinski definition) is 0. The largest absolute Gasteiger partial charge is 1.00 e. The fourth-order valence-electron chi connectivity index (χ4n) is 2.29. The number of unbranched alkanes of at least 4 members (excludes halogenated alkanes) is 2. The van der Waals surface area contributed by atoms with Crippen molar-refractivity contribution in [2.75, 3.05) is 27.2 Å². The third-order valence-corrected chi connectivity index (χ3v) is 3.41. The number of quaternary nitrogens is 1. The Hall–Kier alpha value is 0.250. The predicted molar refractivity (Wildman–Crippen MR) is 70.1 cm³/mol. The van der Waals surface area contributed by atoms with E-state index in [0.717, 1.165) is 5.92 Å². The van der Waals surface area contributed by atoms with E-state index in [1.165, 1.54) is 56.1 Å². The van der Waals surface area contributed by atoms with Crippen LogP contribution in [0.4, 0.5) is 0 Å². The van der Waals surface area contributed by atoms with Gasteiger partial charge >= 0.3 is 0 Å². The topological polar surface area (TPSA) is 0 Å². The van der Waals surface area contributed by atoms with Gasteiger partial charge in [0.25, 0.3) is 0 Å². The SMILES string of the molecule is CCCCC(CC)C[N+](C)(C)CCCC.[Cl-]. The lowest BCUT2D eigenvalue weighted by molar-refractivity contribution is -0.894. The Kier molecular flexibility index (Phi) is 12.1. The van der Waals surface area contributed by atoms with E-state index in [-0.39, 0.29) is 12.4 Å². The molecular formula is C14H32ClN. The molecule has 0 rings (SSSR count). The van der Waals surface area contributed by atoms with Gasteiger partial charge in [0, 0.05) is 5.92 Å². The van der Waals surface area contributed by atoms with E-state index in [1.807, 2.05) is 0 Å². The first-order valence-electron chi connectivity index (χ1n) is 6.87. The van der Waals surface area contributed by atoms with E-state index < -0.39 is 0 Å². The standard InChI is InChI=1S/C14H32N.ClH/c1-6-9-11-14(8-3)13-15(4,5)12-10-7-2;/h14H,6-13H2,1-5H3;1H/q+1;/p-1. The molecule has 0 aromatic carbocycles. The molecule has 0 fully saturated rings. The van der Waals surface area contributed by atoms with Crippen LogP contribution in [0.25, 0.3) is 0 Å². The molecule has 1 atom stereocenters. The Morgan fingerprint density at radius 1 is 0.938 bits per heavy atom. The average molecular weight is 250 g/mol. The van der Waals surface area contributed by atoms with Crippen molar-refractivity contribution in [1.29, 1.82) is 0 Å². The molecule has 0 bridgehead atoms. The lowest BCUT2D eigenvalue weighted by atomic mass is 9.98. The van der Waals surface area contributed by atoms with Gasteiger partial charge < -0.3 is 16.9 Å². The molecule has 0 saturated carbocycles. The molecule has 0 aliphatic heterocycles. The van der Waals surface area contributed by atoms with Crippen LogP contribution in [0.5, 0.6) is 0 Å². The first-order valence-corrected chi connectivity index (χ1v) is 6.87. The molecule has 1 unspecified atom stereocenters. The third-order valence-electron chi connectivity index (χ3n) is 3.41. The van der Waals surface area contributed by atoms with Crippen LogP contribution in [0.1, 0.15) is 59.3 Å². The molecule has 0 heterocycles. The second-order valence-electron chi connectivity index (χ2n) is 5.61. The summed E-state index contributed by atoms with van der Waals surface area (Å²) in [5.41, 5.74) is 0. The number of rotatable bonds is 9. The molecule has 1 nitrogen and oxygen atoms in total. The van der Waals surface area contributed by atoms with Crippen molar-refractivity contribution in [1.82, 2.24) is 0 Å². The second-order valence-corrected chi connectivity index (χ2v) is 5.61. The van der Waals surface area contributed by atoms with E-state index in [9.17, 15) is 0 Å². The summed E-state index contributed by atoms with van der Waals surface area (Å²) >= 11 is 0. The van der Waals surface area contributed by atoms with Crippen LogP contribution in [0.15, 0.2) is 0 Å². The molecule has 0 saturated heterocycles. The molecule has 0 radical (unpaired) electrons. The Morgan fingerprint density at radius 3 is 1.94 bits per heavy atom. The van der Waals surface area contributed by atoms with E-state index in [2.05, 4.69) is 34.9 Å². The molecule has 0 aromatic rings. The molecular weight excluding hydrogens is 218 g/mol. The Bertz CT molecular complexity index is 146. The van der Waals surface area contributed by atoms with E-state index in [1.54, 1.807) is 0 Å². The summed E-state index contributed by atoms with van der Waals surface area (Å²) in [6.07, 6.45) is 8.24. The molecule has 0 aliphatic carbocycles. The van der Waals surface area contributed by atoms with Gasteiger partial charge in [0.1, 0.15) is 0 Å². The van der Waals surface area contributed by atoms with Crippen molar-refractivity contribution in [2.24, 2.45) is 5.92 Å². The number of nitrogens with zero attached hydrogens (tertiary/aromatic N) is 1. The third kappa shape index (κ3) is 9.47. The smallest absolute Gasteiger partial charge is 0.0810 e. The van der Waals surface area contributed by atoms with Gasteiger partial charge in [-0.25, -0.2) is 0 Å². The van der Waals surface area contributed by atoms with Crippen LogP contribution in [0, 0.1) is 5.92 Å². The molecule has 0 spiro atoms. The molecule has 2 heteroatoms. The lowest BCUT2D eigenvalue weighted by Crippen LogP contribution is -3.00. The van der Waals surface area contributed by atoms with Gasteiger partial charge in [0.05, 0.1) is 27.2 Å². The summed E-state index contributed by atoms with van der Waals surface area (Å²) < 4.78 is 1.22. The zero-order valence-electron chi connectivity index (χ0n) is 12.1. The number of hydrogen-bond acceptors (Lipinski definition) is 0. The minimum Gasteiger partial charge on any atom is -1.00 e. The first kappa shape index (κ1) is 18.6. The highest BCUT2D eigenvalue weighted by Crippen LogP contribution is 2.17. The molecule has 0 amide bonds. The Labute approximate surface area is 110 Å². The summed E-state index contributed by atoms with van der Waals surface area (Å²) in [6.45, 7) is 9.65. The van der Waals surface area contributed by atoms with Crippen LogP contribution >= 0.6 is 0 Å². The van der Waals surface area contributed by atoms with Crippen LogP contribution in [0.3, 0.4) is 0 Å². The zero-order chi connectivity index (χ0) is 11.7. The average Bonchev–Trinajstić information content (AvgIpc) is 2.21. The van der Waals surface area contributed by atoms with Crippen molar-refractivity contribution < 1.29 is 16.9 Å². The van der Waals surface area contributed by atoms with Gasteiger partial charge in [-0.2, -0.15) is 0 Å². The summed E-state index contributed by atoms with van der Waals surface area (Å²) in [7, 11) is 4.79. The summed E-state index contributed by atoms with van der Waals surface area (Å²) in [5.74, 6) is 0.941. The lowest BCUT2D eigenvalue weighted by Gasteiger charge is -2.33. The number of halogens is 1. The van der Waals surface area contributed by atoms with Crippen molar-refractivity contribution in [3.63, 3.8) is 0 Å². The molecule has 0 N–H and O–H groups in total. The van der Waals surface area contributed by atoms with E-state index in [4.69, 9.17) is 0 Å². The normalized spacial score (nSPS) is 13.3. The van der Waals surface area contributed by atoms with Gasteiger partial charge in [0.2, 0.25) is 0 Å². The summed E-state index contributed by atoms with van der Waals surface area (Å²) in [6, 6.07) is 0. The Morgan fingerprint density at radius 2 is 1.50 bits per heavy atom. The molecule has 0 aromatic heterocycles. The highest BCUT2D eigenvalue weighted by molar-refractivity contribution is 4.56. The minimum absolute atomic E-state index is 0. The molecule has 100 valence electrons. The first-order chi connectivity index (χ1) is 7.05. The maximum atomic E-state index is 2.39. The maximum Gasteiger partial charge on any atom is 0.0810 e. The van der Waals surface area contributed by atoms with Crippen molar-refractivity contribution in [3.05, 3.63) is 0 Å². The zero-order valence-corrected chi connectivity index (χ0v) is 12.8. The van der Waals surface area contributed by atoms with Crippen LogP contribution < -0.4 is 12.4 Å². The van der Waals surface area contributed by atoms with Crippen LogP contribution in [-0.4, -0.2) is 31.7 Å². The van der Waals surface area contributed by atoms with Gasteiger partial charge in [-0.1, -0.05) is 40.0 Å². The summed E-state index contributed by atoms with van der Waals surface area (Å²) in [4.78, 5) is 0. The monoisotopic (exact) mass is 249 g/mol. The highest BCUT2D eigenvalue weighted by atomic mass is 35.5. The van der Waals surface area contributed by atoms with E-state index >= 15 is 0 Å². The van der Waals surface area contributed by atoms with Crippen molar-refractivity contribution in [2.45, 2.75) is 59.3 Å². The summed E-state index contributed by atoms with van der Waals surface area (Å²) in [5, 5.41) is 0. The van der Waals surface area contributed by atoms with Crippen LogP contribution in [0.2, 0.25) is 0 Å². The van der Waals surface area contributed by atoms with E-state index in [0.29, 0.717) is 0 Å². The Balaban J connectivity index is 0. The molecule has 16 heavy (non-hydrogen) atoms. The van der Waals surface area contributed by atoms with Gasteiger partial charge in [-0.15, -0.1) is 0 Å². The second kappa shape index (κ2) is 10.4. The fraction of sp³-hybridized carbons (Fsp3) is 1.00. The fourth-order valence-corrected chi connectivity index (χ4v) is 2.29. The van der Waals surface area contributed by atoms with Crippen LogP contribution in [-0.2, 0) is 0 Å². The quantitative estimate of drug-likeness (QED) is 0.537. The van der Waals surface area contributed by atoms with Gasteiger partial charge in [-0.3, -0.25) is 0 Å².